The monoisotopic (exact) mass is 152 g/mol. The third-order valence-corrected chi connectivity index (χ3v) is 1.30. The normalized spacial score (nSPS) is 11.0. The Labute approximate surface area is 66.5 Å². The van der Waals surface area contributed by atoms with Crippen LogP contribution in [0.1, 0.15) is 12.5 Å². The summed E-state index contributed by atoms with van der Waals surface area (Å²) in [4.78, 5) is 0. The summed E-state index contributed by atoms with van der Waals surface area (Å²) >= 11 is 0. The Morgan fingerprint density at radius 2 is 2.55 bits per heavy atom. The third-order valence-electron chi connectivity index (χ3n) is 1.30. The molecular formula is C9H12O2. The minimum atomic E-state index is 0.626. The maximum Gasteiger partial charge on any atom is 0.0957 e. The van der Waals surface area contributed by atoms with E-state index in [-0.39, 0.29) is 0 Å². The lowest BCUT2D eigenvalue weighted by Gasteiger charge is -1.95. The molecule has 0 aromatic carbocycles. The van der Waals surface area contributed by atoms with E-state index < -0.39 is 0 Å². The van der Waals surface area contributed by atoms with E-state index >= 15 is 0 Å². The smallest absolute Gasteiger partial charge is 0.0957 e. The van der Waals surface area contributed by atoms with Gasteiger partial charge in [0, 0.05) is 5.56 Å². The van der Waals surface area contributed by atoms with Crippen molar-refractivity contribution in [2.75, 3.05) is 6.61 Å². The van der Waals surface area contributed by atoms with Crippen molar-refractivity contribution >= 4 is 0 Å². The predicted octanol–water partition coefficient (Wildman–Crippen LogP) is 2.37. The van der Waals surface area contributed by atoms with Crippen LogP contribution in [0.15, 0.2) is 35.2 Å². The number of rotatable bonds is 4. The predicted molar refractivity (Wildman–Crippen MR) is 43.2 cm³/mol. The van der Waals surface area contributed by atoms with Gasteiger partial charge in [0.1, 0.15) is 0 Å². The standard InChI is InChI=1S/C9H12O2/c1-2-3-5-10-7-9-4-6-11-8-9/h2-4,6,8H,5,7H2,1H3/b3-2+. The molecule has 0 atom stereocenters. The highest BCUT2D eigenvalue weighted by atomic mass is 16.5. The molecule has 1 rings (SSSR count). The molecule has 2 nitrogen and oxygen atoms in total. The highest BCUT2D eigenvalue weighted by Crippen LogP contribution is 2.01. The zero-order chi connectivity index (χ0) is 7.94. The van der Waals surface area contributed by atoms with Gasteiger partial charge < -0.3 is 9.15 Å². The maximum absolute atomic E-state index is 5.27. The van der Waals surface area contributed by atoms with Gasteiger partial charge in [0.15, 0.2) is 0 Å². The molecule has 60 valence electrons. The fraction of sp³-hybridized carbons (Fsp3) is 0.333. The summed E-state index contributed by atoms with van der Waals surface area (Å²) in [5.74, 6) is 0. The first-order valence-corrected chi connectivity index (χ1v) is 3.63. The highest BCUT2D eigenvalue weighted by Gasteiger charge is 1.91. The zero-order valence-corrected chi connectivity index (χ0v) is 6.62. The van der Waals surface area contributed by atoms with Gasteiger partial charge in [-0.05, 0) is 13.0 Å². The maximum atomic E-state index is 5.27. The van der Waals surface area contributed by atoms with E-state index in [0.717, 1.165) is 5.56 Å². The Morgan fingerprint density at radius 3 is 3.18 bits per heavy atom. The molecule has 1 heterocycles. The molecule has 0 N–H and O–H groups in total. The van der Waals surface area contributed by atoms with Crippen molar-refractivity contribution in [1.82, 2.24) is 0 Å². The zero-order valence-electron chi connectivity index (χ0n) is 6.62. The first kappa shape index (κ1) is 8.08. The topological polar surface area (TPSA) is 22.4 Å². The molecular weight excluding hydrogens is 140 g/mol. The van der Waals surface area contributed by atoms with Gasteiger partial charge >= 0.3 is 0 Å². The van der Waals surface area contributed by atoms with Gasteiger partial charge in [0.05, 0.1) is 25.7 Å². The van der Waals surface area contributed by atoms with Crippen LogP contribution in [0.3, 0.4) is 0 Å². The van der Waals surface area contributed by atoms with Crippen molar-refractivity contribution in [1.29, 1.82) is 0 Å². The van der Waals surface area contributed by atoms with Crippen LogP contribution in [-0.4, -0.2) is 6.61 Å². The molecule has 0 aliphatic rings. The van der Waals surface area contributed by atoms with E-state index in [1.54, 1.807) is 12.5 Å². The lowest BCUT2D eigenvalue weighted by molar-refractivity contribution is 0.148. The molecule has 0 amide bonds. The number of allylic oxidation sites excluding steroid dienone is 1. The Balaban J connectivity index is 2.14. The summed E-state index contributed by atoms with van der Waals surface area (Å²) in [7, 11) is 0. The second-order valence-electron chi connectivity index (χ2n) is 2.22. The van der Waals surface area contributed by atoms with Crippen molar-refractivity contribution in [2.24, 2.45) is 0 Å². The molecule has 0 aliphatic carbocycles. The molecule has 0 saturated heterocycles. The number of ether oxygens (including phenoxy) is 1. The first-order chi connectivity index (χ1) is 5.43. The van der Waals surface area contributed by atoms with Crippen LogP contribution in [0, 0.1) is 0 Å². The van der Waals surface area contributed by atoms with Crippen molar-refractivity contribution in [3.05, 3.63) is 36.3 Å². The summed E-state index contributed by atoms with van der Waals surface area (Å²) in [6, 6.07) is 1.90. The van der Waals surface area contributed by atoms with Crippen LogP contribution in [0.4, 0.5) is 0 Å². The van der Waals surface area contributed by atoms with Crippen LogP contribution >= 0.6 is 0 Å². The number of hydrogen-bond donors (Lipinski definition) is 0. The number of furan rings is 1. The van der Waals surface area contributed by atoms with Crippen molar-refractivity contribution in [3.8, 4) is 0 Å². The second kappa shape index (κ2) is 4.74. The average molecular weight is 152 g/mol. The van der Waals surface area contributed by atoms with Crippen LogP contribution in [0.2, 0.25) is 0 Å². The van der Waals surface area contributed by atoms with E-state index in [4.69, 9.17) is 9.15 Å². The summed E-state index contributed by atoms with van der Waals surface area (Å²) in [6.07, 6.45) is 7.28. The molecule has 1 aromatic heterocycles. The summed E-state index contributed by atoms with van der Waals surface area (Å²) in [5, 5.41) is 0. The molecule has 2 heteroatoms. The van der Waals surface area contributed by atoms with E-state index in [1.807, 2.05) is 25.1 Å². The van der Waals surface area contributed by atoms with Gasteiger partial charge in [-0.25, -0.2) is 0 Å². The summed E-state index contributed by atoms with van der Waals surface area (Å²) in [6.45, 7) is 3.27. The largest absolute Gasteiger partial charge is 0.472 e. The fourth-order valence-corrected chi connectivity index (χ4v) is 0.716. The SMILES string of the molecule is C/C=C/COCc1ccoc1. The van der Waals surface area contributed by atoms with Crippen molar-refractivity contribution < 1.29 is 9.15 Å². The molecule has 1 aromatic rings. The minimum Gasteiger partial charge on any atom is -0.472 e. The van der Waals surface area contributed by atoms with Crippen molar-refractivity contribution in [3.63, 3.8) is 0 Å². The molecule has 11 heavy (non-hydrogen) atoms. The summed E-state index contributed by atoms with van der Waals surface area (Å²) < 4.78 is 10.1. The van der Waals surface area contributed by atoms with Crippen molar-refractivity contribution in [2.45, 2.75) is 13.5 Å². The van der Waals surface area contributed by atoms with Gasteiger partial charge in [-0.2, -0.15) is 0 Å². The molecule has 0 aliphatic heterocycles. The molecule has 0 saturated carbocycles. The Morgan fingerprint density at radius 1 is 1.64 bits per heavy atom. The molecule has 0 unspecified atom stereocenters. The quantitative estimate of drug-likeness (QED) is 0.488. The third kappa shape index (κ3) is 3.05. The Hall–Kier alpha value is -1.02. The first-order valence-electron chi connectivity index (χ1n) is 3.63. The van der Waals surface area contributed by atoms with Crippen LogP contribution in [0.25, 0.3) is 0 Å². The van der Waals surface area contributed by atoms with E-state index in [0.29, 0.717) is 13.2 Å². The fourth-order valence-electron chi connectivity index (χ4n) is 0.716. The van der Waals surface area contributed by atoms with E-state index in [9.17, 15) is 0 Å². The Kier molecular flexibility index (Phi) is 3.48. The van der Waals surface area contributed by atoms with E-state index in [2.05, 4.69) is 0 Å². The van der Waals surface area contributed by atoms with Gasteiger partial charge in [-0.3, -0.25) is 0 Å². The summed E-state index contributed by atoms with van der Waals surface area (Å²) in [5.41, 5.74) is 1.08. The van der Waals surface area contributed by atoms with Crippen LogP contribution in [-0.2, 0) is 11.3 Å². The van der Waals surface area contributed by atoms with Gasteiger partial charge in [-0.1, -0.05) is 12.2 Å². The average Bonchev–Trinajstić information content (AvgIpc) is 2.50. The lowest BCUT2D eigenvalue weighted by Crippen LogP contribution is -1.89. The molecule has 0 bridgehead atoms. The lowest BCUT2D eigenvalue weighted by atomic mass is 10.4. The molecule has 0 radical (unpaired) electrons. The van der Waals surface area contributed by atoms with Gasteiger partial charge in [-0.15, -0.1) is 0 Å². The van der Waals surface area contributed by atoms with E-state index in [1.165, 1.54) is 0 Å². The second-order valence-corrected chi connectivity index (χ2v) is 2.22. The molecule has 0 spiro atoms. The Bertz CT molecular complexity index is 199. The van der Waals surface area contributed by atoms with Gasteiger partial charge in [0.2, 0.25) is 0 Å². The van der Waals surface area contributed by atoms with Crippen LogP contribution < -0.4 is 0 Å². The number of hydrogen-bond acceptors (Lipinski definition) is 2. The minimum absolute atomic E-state index is 0.626. The van der Waals surface area contributed by atoms with Crippen LogP contribution in [0.5, 0.6) is 0 Å². The van der Waals surface area contributed by atoms with Gasteiger partial charge in [0.25, 0.3) is 0 Å². The highest BCUT2D eigenvalue weighted by molar-refractivity contribution is 5.03. The molecule has 0 fully saturated rings.